The van der Waals surface area contributed by atoms with E-state index in [-0.39, 0.29) is 11.1 Å². The maximum absolute atomic E-state index is 13.2. The van der Waals surface area contributed by atoms with Crippen LogP contribution in [0.5, 0.6) is 0 Å². The van der Waals surface area contributed by atoms with Gasteiger partial charge in [-0.15, -0.1) is 0 Å². The number of hydrazine groups is 1. The Labute approximate surface area is 138 Å². The van der Waals surface area contributed by atoms with Crippen LogP contribution in [0.2, 0.25) is 5.02 Å². The second-order valence-electron chi connectivity index (χ2n) is 4.34. The molecule has 3 N–H and O–H groups in total. The minimum Gasteiger partial charge on any atom is -0.271 e. The monoisotopic (exact) mass is 420 g/mol. The summed E-state index contributed by atoms with van der Waals surface area (Å²) in [6, 6.07) is 10.5. The SMILES string of the molecule is NNC(Cc1ccc(F)c(Cl)c1)c1ccc(Br)cc1Br. The van der Waals surface area contributed by atoms with E-state index in [1.54, 1.807) is 12.1 Å². The van der Waals surface area contributed by atoms with Crippen LogP contribution in [0, 0.1) is 5.82 Å². The predicted molar refractivity (Wildman–Crippen MR) is 87.0 cm³/mol. The van der Waals surface area contributed by atoms with Crippen LogP contribution in [0.15, 0.2) is 45.3 Å². The molecule has 0 fully saturated rings. The second-order valence-corrected chi connectivity index (χ2v) is 6.51. The van der Waals surface area contributed by atoms with E-state index >= 15 is 0 Å². The van der Waals surface area contributed by atoms with Crippen LogP contribution in [0.25, 0.3) is 0 Å². The van der Waals surface area contributed by atoms with E-state index in [0.717, 1.165) is 20.1 Å². The largest absolute Gasteiger partial charge is 0.271 e. The molecule has 0 aliphatic heterocycles. The van der Waals surface area contributed by atoms with Crippen molar-refractivity contribution in [2.24, 2.45) is 5.84 Å². The quantitative estimate of drug-likeness (QED) is 0.551. The van der Waals surface area contributed by atoms with Gasteiger partial charge < -0.3 is 0 Å². The fraction of sp³-hybridized carbons (Fsp3) is 0.143. The van der Waals surface area contributed by atoms with Crippen LogP contribution in [0.4, 0.5) is 4.39 Å². The molecule has 0 amide bonds. The molecule has 0 aromatic heterocycles. The molecule has 1 unspecified atom stereocenters. The summed E-state index contributed by atoms with van der Waals surface area (Å²) in [5.41, 5.74) is 4.71. The highest BCUT2D eigenvalue weighted by Crippen LogP contribution is 2.29. The van der Waals surface area contributed by atoms with Gasteiger partial charge in [0.15, 0.2) is 0 Å². The summed E-state index contributed by atoms with van der Waals surface area (Å²) < 4.78 is 15.1. The highest BCUT2D eigenvalue weighted by atomic mass is 79.9. The number of nitrogens with two attached hydrogens (primary N) is 1. The van der Waals surface area contributed by atoms with Crippen molar-refractivity contribution in [2.75, 3.05) is 0 Å². The minimum atomic E-state index is -0.419. The Kier molecular flexibility index (Phi) is 5.57. The number of hydrogen-bond donors (Lipinski definition) is 2. The van der Waals surface area contributed by atoms with Crippen molar-refractivity contribution >= 4 is 43.5 Å². The highest BCUT2D eigenvalue weighted by Gasteiger charge is 2.14. The van der Waals surface area contributed by atoms with Gasteiger partial charge in [0.25, 0.3) is 0 Å². The lowest BCUT2D eigenvalue weighted by molar-refractivity contribution is 0.549. The normalized spacial score (nSPS) is 12.4. The zero-order valence-electron chi connectivity index (χ0n) is 10.3. The Hall–Kier alpha value is -0.460. The average molecular weight is 423 g/mol. The Morgan fingerprint density at radius 1 is 1.20 bits per heavy atom. The summed E-state index contributed by atoms with van der Waals surface area (Å²) in [7, 11) is 0. The van der Waals surface area contributed by atoms with Crippen LogP contribution >= 0.6 is 43.5 Å². The maximum Gasteiger partial charge on any atom is 0.141 e. The first-order valence-electron chi connectivity index (χ1n) is 5.86. The number of benzene rings is 2. The molecule has 0 aliphatic carbocycles. The predicted octanol–water partition coefficient (Wildman–Crippen LogP) is 4.75. The van der Waals surface area contributed by atoms with Gasteiger partial charge in [-0.3, -0.25) is 11.3 Å². The van der Waals surface area contributed by atoms with Crippen molar-refractivity contribution in [1.29, 1.82) is 0 Å². The molecule has 0 saturated heterocycles. The molecule has 2 aromatic rings. The molecule has 0 bridgehead atoms. The first-order chi connectivity index (χ1) is 9.51. The third-order valence-corrected chi connectivity index (χ3v) is 4.43. The second kappa shape index (κ2) is 7.00. The topological polar surface area (TPSA) is 38.0 Å². The number of nitrogens with one attached hydrogen (secondary N) is 1. The Balaban J connectivity index is 2.26. The van der Waals surface area contributed by atoms with Gasteiger partial charge in [-0.2, -0.15) is 0 Å². The minimum absolute atomic E-state index is 0.0981. The van der Waals surface area contributed by atoms with Crippen LogP contribution in [-0.4, -0.2) is 0 Å². The molecule has 0 spiro atoms. The molecule has 0 heterocycles. The molecule has 2 nitrogen and oxygen atoms in total. The van der Waals surface area contributed by atoms with Crippen molar-refractivity contribution in [3.05, 3.63) is 67.3 Å². The molecule has 0 aliphatic rings. The lowest BCUT2D eigenvalue weighted by Crippen LogP contribution is -2.29. The van der Waals surface area contributed by atoms with Gasteiger partial charge in [-0.1, -0.05) is 55.6 Å². The Bertz CT molecular complexity index is 622. The van der Waals surface area contributed by atoms with E-state index < -0.39 is 5.82 Å². The molecular formula is C14H12Br2ClFN2. The van der Waals surface area contributed by atoms with E-state index in [1.807, 2.05) is 18.2 Å². The summed E-state index contributed by atoms with van der Waals surface area (Å²) in [5, 5.41) is 0.119. The van der Waals surface area contributed by atoms with Gasteiger partial charge in [0.1, 0.15) is 5.82 Å². The lowest BCUT2D eigenvalue weighted by Gasteiger charge is -2.18. The summed E-state index contributed by atoms with van der Waals surface area (Å²) in [6.45, 7) is 0. The van der Waals surface area contributed by atoms with E-state index in [0.29, 0.717) is 6.42 Å². The van der Waals surface area contributed by atoms with Gasteiger partial charge in [0.05, 0.1) is 11.1 Å². The molecular weight excluding hydrogens is 410 g/mol. The summed E-state index contributed by atoms with van der Waals surface area (Å²) >= 11 is 12.7. The van der Waals surface area contributed by atoms with Crippen molar-refractivity contribution in [1.82, 2.24) is 5.43 Å². The van der Waals surface area contributed by atoms with Gasteiger partial charge in [0.2, 0.25) is 0 Å². The Morgan fingerprint density at radius 3 is 2.55 bits per heavy atom. The van der Waals surface area contributed by atoms with E-state index in [4.69, 9.17) is 17.4 Å². The van der Waals surface area contributed by atoms with Crippen molar-refractivity contribution in [2.45, 2.75) is 12.5 Å². The lowest BCUT2D eigenvalue weighted by atomic mass is 9.99. The van der Waals surface area contributed by atoms with E-state index in [1.165, 1.54) is 6.07 Å². The zero-order chi connectivity index (χ0) is 14.7. The molecule has 6 heteroatoms. The van der Waals surface area contributed by atoms with Crippen LogP contribution in [-0.2, 0) is 6.42 Å². The molecule has 20 heavy (non-hydrogen) atoms. The van der Waals surface area contributed by atoms with Gasteiger partial charge in [0, 0.05) is 8.95 Å². The van der Waals surface area contributed by atoms with Crippen molar-refractivity contribution in [3.63, 3.8) is 0 Å². The smallest absolute Gasteiger partial charge is 0.141 e. The summed E-state index contributed by atoms with van der Waals surface area (Å²) in [6.07, 6.45) is 0.608. The number of hydrogen-bond acceptors (Lipinski definition) is 2. The zero-order valence-corrected chi connectivity index (χ0v) is 14.3. The number of rotatable bonds is 4. The third-order valence-electron chi connectivity index (χ3n) is 2.96. The van der Waals surface area contributed by atoms with Crippen molar-refractivity contribution in [3.8, 4) is 0 Å². The van der Waals surface area contributed by atoms with E-state index in [9.17, 15) is 4.39 Å². The van der Waals surface area contributed by atoms with Gasteiger partial charge >= 0.3 is 0 Å². The van der Waals surface area contributed by atoms with Gasteiger partial charge in [-0.05, 0) is 41.8 Å². The molecule has 106 valence electrons. The van der Waals surface area contributed by atoms with E-state index in [2.05, 4.69) is 37.3 Å². The summed E-state index contributed by atoms with van der Waals surface area (Å²) in [5.74, 6) is 5.22. The average Bonchev–Trinajstić information content (AvgIpc) is 2.41. The van der Waals surface area contributed by atoms with Crippen LogP contribution < -0.4 is 11.3 Å². The molecule has 0 saturated carbocycles. The maximum atomic E-state index is 13.2. The number of halogens is 4. The first-order valence-corrected chi connectivity index (χ1v) is 7.82. The third kappa shape index (κ3) is 3.80. The summed E-state index contributed by atoms with van der Waals surface area (Å²) in [4.78, 5) is 0. The fourth-order valence-corrected chi connectivity index (χ4v) is 3.47. The highest BCUT2D eigenvalue weighted by molar-refractivity contribution is 9.11. The first kappa shape index (κ1) is 15.9. The molecule has 0 radical (unpaired) electrons. The molecule has 2 aromatic carbocycles. The fourth-order valence-electron chi connectivity index (χ4n) is 1.95. The Morgan fingerprint density at radius 2 is 1.95 bits per heavy atom. The van der Waals surface area contributed by atoms with Gasteiger partial charge in [-0.25, -0.2) is 4.39 Å². The van der Waals surface area contributed by atoms with Crippen molar-refractivity contribution < 1.29 is 4.39 Å². The molecule has 2 rings (SSSR count). The van der Waals surface area contributed by atoms with Crippen LogP contribution in [0.1, 0.15) is 17.2 Å². The molecule has 1 atom stereocenters. The van der Waals surface area contributed by atoms with Crippen LogP contribution in [0.3, 0.4) is 0 Å². The standard InChI is InChI=1S/C14H12Br2ClFN2/c15-9-2-3-10(11(16)7-9)14(20-19)6-8-1-4-13(18)12(17)5-8/h1-5,7,14,20H,6,19H2.